The number of carbonyl (C=O) groups is 1. The fourth-order valence-electron chi connectivity index (χ4n) is 1.21. The van der Waals surface area contributed by atoms with Gasteiger partial charge < -0.3 is 0 Å². The Morgan fingerprint density at radius 2 is 1.58 bits per heavy atom. The number of nitrogens with zero attached hydrogens (tertiary/aromatic N) is 1. The van der Waals surface area contributed by atoms with Crippen LogP contribution in [0.15, 0.2) is 0 Å². The van der Waals surface area contributed by atoms with E-state index in [1.165, 1.54) is 38.5 Å². The van der Waals surface area contributed by atoms with Crippen molar-refractivity contribution in [1.82, 2.24) is 5.32 Å². The second-order valence-electron chi connectivity index (χ2n) is 3.13. The van der Waals surface area contributed by atoms with Gasteiger partial charge in [0, 0.05) is 6.54 Å². The molecule has 0 aromatic heterocycles. The molecule has 71 valence electrons. The van der Waals surface area contributed by atoms with Crippen molar-refractivity contribution in [2.75, 3.05) is 6.54 Å². The summed E-state index contributed by atoms with van der Waals surface area (Å²) in [5.74, 6) is 0. The Hall–Kier alpha value is -0.530. The zero-order valence-electron chi connectivity index (χ0n) is 8.09. The van der Waals surface area contributed by atoms with Crippen LogP contribution < -0.4 is 5.32 Å². The minimum absolute atomic E-state index is 0.650. The summed E-state index contributed by atoms with van der Waals surface area (Å²) in [6, 6.07) is 0. The van der Waals surface area contributed by atoms with Gasteiger partial charge >= 0.3 is 0 Å². The van der Waals surface area contributed by atoms with Gasteiger partial charge in [-0.1, -0.05) is 45.4 Å². The molecule has 1 amide bonds. The van der Waals surface area contributed by atoms with Gasteiger partial charge in [0.25, 0.3) is 0 Å². The number of amides is 1. The van der Waals surface area contributed by atoms with Gasteiger partial charge in [-0.25, -0.2) is 0 Å². The third-order valence-electron chi connectivity index (χ3n) is 1.97. The molecule has 0 aromatic carbocycles. The normalized spacial score (nSPS) is 9.75. The first-order valence-corrected chi connectivity index (χ1v) is 5.02. The van der Waals surface area contributed by atoms with E-state index in [1.807, 2.05) is 0 Å². The zero-order valence-corrected chi connectivity index (χ0v) is 8.09. The van der Waals surface area contributed by atoms with Crippen LogP contribution >= 0.6 is 0 Å². The average molecular weight is 170 g/mol. The maximum atomic E-state index is 9.81. The molecular weight excluding hydrogens is 150 g/mol. The lowest BCUT2D eigenvalue weighted by Crippen LogP contribution is -2.02. The van der Waals surface area contributed by atoms with Crippen molar-refractivity contribution in [3.05, 3.63) is 0 Å². The summed E-state index contributed by atoms with van der Waals surface area (Å²) in [6.07, 6.45) is 9.62. The van der Waals surface area contributed by atoms with Crippen molar-refractivity contribution in [3.8, 4) is 0 Å². The van der Waals surface area contributed by atoms with E-state index < -0.39 is 0 Å². The SMILES string of the molecule is CCCCCCCCC[N]C=O. The molecule has 2 nitrogen and oxygen atoms in total. The highest BCUT2D eigenvalue weighted by atomic mass is 16.1. The van der Waals surface area contributed by atoms with Crippen molar-refractivity contribution in [3.63, 3.8) is 0 Å². The molecule has 0 saturated heterocycles. The van der Waals surface area contributed by atoms with E-state index in [0.29, 0.717) is 6.41 Å². The van der Waals surface area contributed by atoms with Crippen LogP contribution in [0.3, 0.4) is 0 Å². The largest absolute Gasteiger partial charge is 0.277 e. The summed E-state index contributed by atoms with van der Waals surface area (Å²) in [6.45, 7) is 2.94. The molecule has 0 unspecified atom stereocenters. The van der Waals surface area contributed by atoms with Gasteiger partial charge in [0.1, 0.15) is 0 Å². The second kappa shape index (κ2) is 10.5. The fraction of sp³-hybridized carbons (Fsp3) is 0.900. The van der Waals surface area contributed by atoms with Crippen LogP contribution in [0.5, 0.6) is 0 Å². The van der Waals surface area contributed by atoms with E-state index in [1.54, 1.807) is 0 Å². The maximum absolute atomic E-state index is 9.81. The minimum Gasteiger partial charge on any atom is -0.277 e. The molecule has 0 aliphatic heterocycles. The highest BCUT2D eigenvalue weighted by Gasteiger charge is 1.90. The van der Waals surface area contributed by atoms with Gasteiger partial charge in [-0.15, -0.1) is 0 Å². The summed E-state index contributed by atoms with van der Waals surface area (Å²) in [5.41, 5.74) is 0. The molecule has 1 radical (unpaired) electrons. The molecule has 2 heteroatoms. The highest BCUT2D eigenvalue weighted by Crippen LogP contribution is 2.06. The Morgan fingerprint density at radius 1 is 1.00 bits per heavy atom. The molecule has 0 atom stereocenters. The molecule has 0 N–H and O–H groups in total. The number of rotatable bonds is 9. The maximum Gasteiger partial charge on any atom is 0.228 e. The van der Waals surface area contributed by atoms with E-state index in [0.717, 1.165) is 13.0 Å². The standard InChI is InChI=1S/C10H20NO/c1-2-3-4-5-6-7-8-9-11-10-12/h10H,2-9H2,1H3. The first-order chi connectivity index (χ1) is 5.91. The summed E-state index contributed by atoms with van der Waals surface area (Å²) in [7, 11) is 0. The average Bonchev–Trinajstić information content (AvgIpc) is 2.10. The number of hydrogen-bond donors (Lipinski definition) is 0. The summed E-state index contributed by atoms with van der Waals surface area (Å²) >= 11 is 0. The zero-order chi connectivity index (χ0) is 9.07. The Balaban J connectivity index is 2.77. The van der Waals surface area contributed by atoms with Gasteiger partial charge in [-0.05, 0) is 6.42 Å². The molecule has 0 aliphatic rings. The quantitative estimate of drug-likeness (QED) is 0.386. The minimum atomic E-state index is 0.650. The van der Waals surface area contributed by atoms with E-state index in [9.17, 15) is 4.79 Å². The molecular formula is C10H20NO. The second-order valence-corrected chi connectivity index (χ2v) is 3.13. The summed E-state index contributed by atoms with van der Waals surface area (Å²) < 4.78 is 0. The lowest BCUT2D eigenvalue weighted by Gasteiger charge is -1.98. The van der Waals surface area contributed by atoms with Crippen molar-refractivity contribution >= 4 is 6.41 Å². The van der Waals surface area contributed by atoms with E-state index in [2.05, 4.69) is 12.2 Å². The molecule has 0 rings (SSSR count). The molecule has 0 aliphatic carbocycles. The monoisotopic (exact) mass is 170 g/mol. The van der Waals surface area contributed by atoms with Crippen LogP contribution in [0.4, 0.5) is 0 Å². The van der Waals surface area contributed by atoms with E-state index in [-0.39, 0.29) is 0 Å². The number of unbranched alkanes of at least 4 members (excludes halogenated alkanes) is 6. The van der Waals surface area contributed by atoms with E-state index in [4.69, 9.17) is 0 Å². The highest BCUT2D eigenvalue weighted by molar-refractivity contribution is 5.45. The molecule has 0 aromatic rings. The van der Waals surface area contributed by atoms with Crippen molar-refractivity contribution < 1.29 is 4.79 Å². The lowest BCUT2D eigenvalue weighted by atomic mass is 10.1. The van der Waals surface area contributed by atoms with Crippen molar-refractivity contribution in [2.24, 2.45) is 0 Å². The molecule has 0 heterocycles. The van der Waals surface area contributed by atoms with Crippen LogP contribution in [0, 0.1) is 0 Å². The molecule has 0 saturated carbocycles. The van der Waals surface area contributed by atoms with Crippen LogP contribution in [0.1, 0.15) is 51.9 Å². The number of carbonyl (C=O) groups excluding carboxylic acids is 1. The van der Waals surface area contributed by atoms with Gasteiger partial charge in [-0.2, -0.15) is 0 Å². The van der Waals surface area contributed by atoms with Gasteiger partial charge in [0.2, 0.25) is 6.41 Å². The van der Waals surface area contributed by atoms with Gasteiger partial charge in [0.05, 0.1) is 0 Å². The smallest absolute Gasteiger partial charge is 0.228 e. The first kappa shape index (κ1) is 11.5. The fourth-order valence-corrected chi connectivity index (χ4v) is 1.21. The molecule has 12 heavy (non-hydrogen) atoms. The summed E-state index contributed by atoms with van der Waals surface area (Å²) in [5, 5.41) is 3.63. The molecule has 0 bridgehead atoms. The lowest BCUT2D eigenvalue weighted by molar-refractivity contribution is -0.109. The van der Waals surface area contributed by atoms with Gasteiger partial charge in [-0.3, -0.25) is 10.1 Å². The third-order valence-corrected chi connectivity index (χ3v) is 1.97. The van der Waals surface area contributed by atoms with Crippen molar-refractivity contribution in [1.29, 1.82) is 0 Å². The van der Waals surface area contributed by atoms with Crippen LogP contribution in [-0.2, 0) is 4.79 Å². The Labute approximate surface area is 75.7 Å². The molecule has 0 fully saturated rings. The van der Waals surface area contributed by atoms with Crippen LogP contribution in [0.2, 0.25) is 0 Å². The predicted octanol–water partition coefficient (Wildman–Crippen LogP) is 2.50. The Morgan fingerprint density at radius 3 is 2.17 bits per heavy atom. The summed E-state index contributed by atoms with van der Waals surface area (Å²) in [4.78, 5) is 9.81. The topological polar surface area (TPSA) is 31.2 Å². The third kappa shape index (κ3) is 9.47. The Kier molecular flexibility index (Phi) is 10.0. The number of hydrogen-bond acceptors (Lipinski definition) is 1. The first-order valence-electron chi connectivity index (χ1n) is 5.02. The molecule has 0 spiro atoms. The van der Waals surface area contributed by atoms with Gasteiger partial charge in [0.15, 0.2) is 0 Å². The van der Waals surface area contributed by atoms with Crippen LogP contribution in [0.25, 0.3) is 0 Å². The van der Waals surface area contributed by atoms with Crippen molar-refractivity contribution in [2.45, 2.75) is 51.9 Å². The Bertz CT molecular complexity index is 93.8. The predicted molar refractivity (Wildman–Crippen MR) is 51.1 cm³/mol. The van der Waals surface area contributed by atoms with Crippen LogP contribution in [-0.4, -0.2) is 13.0 Å². The van der Waals surface area contributed by atoms with E-state index >= 15 is 0 Å².